The van der Waals surface area contributed by atoms with Crippen molar-refractivity contribution >= 4 is 17.5 Å². The Hall–Kier alpha value is -1.88. The van der Waals surface area contributed by atoms with E-state index in [1.807, 2.05) is 38.1 Å². The van der Waals surface area contributed by atoms with E-state index in [0.717, 1.165) is 30.5 Å². The first-order valence-electron chi connectivity index (χ1n) is 8.34. The topological polar surface area (TPSA) is 58.6 Å². The fourth-order valence-corrected chi connectivity index (χ4v) is 2.68. The molecule has 1 aliphatic rings. The van der Waals surface area contributed by atoms with Gasteiger partial charge in [0.2, 0.25) is 11.8 Å². The van der Waals surface area contributed by atoms with Gasteiger partial charge in [0.05, 0.1) is 6.10 Å². The molecule has 0 spiro atoms. The number of hydrogen-bond donors (Lipinski definition) is 1. The van der Waals surface area contributed by atoms with E-state index in [0.29, 0.717) is 19.6 Å². The summed E-state index contributed by atoms with van der Waals surface area (Å²) in [6, 6.07) is 7.83. The lowest BCUT2D eigenvalue weighted by Gasteiger charge is -2.22. The van der Waals surface area contributed by atoms with E-state index >= 15 is 0 Å². The van der Waals surface area contributed by atoms with Crippen molar-refractivity contribution in [2.24, 2.45) is 0 Å². The van der Waals surface area contributed by atoms with Gasteiger partial charge in [0.25, 0.3) is 0 Å². The summed E-state index contributed by atoms with van der Waals surface area (Å²) >= 11 is 0. The van der Waals surface area contributed by atoms with Crippen molar-refractivity contribution in [3.63, 3.8) is 0 Å². The van der Waals surface area contributed by atoms with Gasteiger partial charge in [-0.15, -0.1) is 0 Å². The monoisotopic (exact) mass is 318 g/mol. The zero-order valence-electron chi connectivity index (χ0n) is 14.0. The van der Waals surface area contributed by atoms with Gasteiger partial charge in [-0.1, -0.05) is 18.2 Å². The van der Waals surface area contributed by atoms with Crippen molar-refractivity contribution in [3.8, 4) is 0 Å². The van der Waals surface area contributed by atoms with Gasteiger partial charge in [0.1, 0.15) is 6.54 Å². The highest BCUT2D eigenvalue weighted by Crippen LogP contribution is 2.26. The van der Waals surface area contributed by atoms with Crippen LogP contribution < -0.4 is 10.2 Å². The van der Waals surface area contributed by atoms with Crippen molar-refractivity contribution in [2.75, 3.05) is 24.6 Å². The van der Waals surface area contributed by atoms with Gasteiger partial charge in [-0.05, 0) is 44.7 Å². The summed E-state index contributed by atoms with van der Waals surface area (Å²) in [5.41, 5.74) is 2.00. The number of rotatable bonds is 7. The normalized spacial score (nSPS) is 14.6. The third-order valence-electron chi connectivity index (χ3n) is 3.82. The van der Waals surface area contributed by atoms with E-state index in [1.165, 1.54) is 0 Å². The van der Waals surface area contributed by atoms with Crippen molar-refractivity contribution < 1.29 is 14.3 Å². The minimum atomic E-state index is -0.125. The van der Waals surface area contributed by atoms with E-state index in [-0.39, 0.29) is 24.5 Å². The number of nitrogens with zero attached hydrogens (tertiary/aromatic N) is 1. The number of amides is 2. The number of fused-ring (bicyclic) bond motifs is 1. The van der Waals surface area contributed by atoms with E-state index in [1.54, 1.807) is 4.90 Å². The highest BCUT2D eigenvalue weighted by Gasteiger charge is 2.23. The molecule has 0 radical (unpaired) electrons. The molecule has 1 aromatic carbocycles. The summed E-state index contributed by atoms with van der Waals surface area (Å²) in [6.45, 7) is 5.25. The SMILES string of the molecule is CC(C)OCCCNC(=O)CN1C(=O)CCCc2ccccc21. The number of carbonyl (C=O) groups is 2. The summed E-state index contributed by atoms with van der Waals surface area (Å²) < 4.78 is 5.44. The quantitative estimate of drug-likeness (QED) is 0.785. The molecular weight excluding hydrogens is 292 g/mol. The van der Waals surface area contributed by atoms with Crippen LogP contribution in [-0.4, -0.2) is 37.6 Å². The molecule has 126 valence electrons. The number of aryl methyl sites for hydroxylation is 1. The Morgan fingerprint density at radius 1 is 1.30 bits per heavy atom. The minimum absolute atomic E-state index is 0.0215. The molecule has 5 heteroatoms. The molecule has 0 aromatic heterocycles. The first-order valence-corrected chi connectivity index (χ1v) is 8.34. The second kappa shape index (κ2) is 8.67. The third-order valence-corrected chi connectivity index (χ3v) is 3.82. The van der Waals surface area contributed by atoms with Crippen LogP contribution in [0.15, 0.2) is 24.3 Å². The Labute approximate surface area is 138 Å². The maximum Gasteiger partial charge on any atom is 0.240 e. The van der Waals surface area contributed by atoms with Crippen LogP contribution >= 0.6 is 0 Å². The van der Waals surface area contributed by atoms with Crippen LogP contribution in [0.2, 0.25) is 0 Å². The molecule has 1 aliphatic heterocycles. The van der Waals surface area contributed by atoms with E-state index in [9.17, 15) is 9.59 Å². The van der Waals surface area contributed by atoms with Crippen molar-refractivity contribution in [1.29, 1.82) is 0 Å². The largest absolute Gasteiger partial charge is 0.379 e. The molecule has 2 amide bonds. The smallest absolute Gasteiger partial charge is 0.240 e. The lowest BCUT2D eigenvalue weighted by molar-refractivity contribution is -0.123. The molecule has 0 saturated carbocycles. The lowest BCUT2D eigenvalue weighted by Crippen LogP contribution is -2.41. The molecular formula is C18H26N2O3. The van der Waals surface area contributed by atoms with E-state index in [4.69, 9.17) is 4.74 Å². The molecule has 1 heterocycles. The maximum absolute atomic E-state index is 12.3. The van der Waals surface area contributed by atoms with Crippen LogP contribution in [0.3, 0.4) is 0 Å². The van der Waals surface area contributed by atoms with Gasteiger partial charge in [0, 0.05) is 25.3 Å². The highest BCUT2D eigenvalue weighted by atomic mass is 16.5. The van der Waals surface area contributed by atoms with Crippen LogP contribution in [0.25, 0.3) is 0 Å². The van der Waals surface area contributed by atoms with Crippen LogP contribution in [0, 0.1) is 0 Å². The Morgan fingerprint density at radius 2 is 2.09 bits per heavy atom. The third kappa shape index (κ3) is 5.36. The molecule has 1 N–H and O–H groups in total. The van der Waals surface area contributed by atoms with E-state index < -0.39 is 0 Å². The summed E-state index contributed by atoms with van der Waals surface area (Å²) in [5.74, 6) is -0.104. The lowest BCUT2D eigenvalue weighted by atomic mass is 10.1. The van der Waals surface area contributed by atoms with Gasteiger partial charge in [-0.3, -0.25) is 9.59 Å². The Kier molecular flexibility index (Phi) is 6.59. The second-order valence-corrected chi connectivity index (χ2v) is 6.09. The van der Waals surface area contributed by atoms with Crippen LogP contribution in [0.1, 0.15) is 38.7 Å². The number of carbonyl (C=O) groups excluding carboxylic acids is 2. The highest BCUT2D eigenvalue weighted by molar-refractivity contribution is 5.99. The Morgan fingerprint density at radius 3 is 2.87 bits per heavy atom. The number of para-hydroxylation sites is 1. The van der Waals surface area contributed by atoms with Crippen LogP contribution in [0.4, 0.5) is 5.69 Å². The number of benzene rings is 1. The maximum atomic E-state index is 12.3. The summed E-state index contributed by atoms with van der Waals surface area (Å²) in [6.07, 6.45) is 3.18. The summed E-state index contributed by atoms with van der Waals surface area (Å²) in [5, 5.41) is 2.86. The number of nitrogens with one attached hydrogen (secondary N) is 1. The predicted octanol–water partition coefficient (Wildman–Crippen LogP) is 2.29. The standard InChI is InChI=1S/C18H26N2O3/c1-14(2)23-12-6-11-19-17(21)13-20-16-9-4-3-7-15(16)8-5-10-18(20)22/h3-4,7,9,14H,5-6,8,10-13H2,1-2H3,(H,19,21). The average Bonchev–Trinajstić information content (AvgIpc) is 2.67. The molecule has 0 bridgehead atoms. The molecule has 1 aromatic rings. The van der Waals surface area contributed by atoms with Crippen molar-refractivity contribution in [1.82, 2.24) is 5.32 Å². The fraction of sp³-hybridized carbons (Fsp3) is 0.556. The first-order chi connectivity index (χ1) is 11.1. The summed E-state index contributed by atoms with van der Waals surface area (Å²) in [7, 11) is 0. The number of anilines is 1. The number of hydrogen-bond acceptors (Lipinski definition) is 3. The van der Waals surface area contributed by atoms with Gasteiger partial charge >= 0.3 is 0 Å². The zero-order valence-corrected chi connectivity index (χ0v) is 14.0. The first kappa shape index (κ1) is 17.5. The predicted molar refractivity (Wildman–Crippen MR) is 90.4 cm³/mol. The average molecular weight is 318 g/mol. The summed E-state index contributed by atoms with van der Waals surface area (Å²) in [4.78, 5) is 26.0. The Bertz CT molecular complexity index is 543. The molecule has 0 atom stereocenters. The number of ether oxygens (including phenoxy) is 1. The second-order valence-electron chi connectivity index (χ2n) is 6.09. The molecule has 0 fully saturated rings. The molecule has 5 nitrogen and oxygen atoms in total. The van der Waals surface area contributed by atoms with Crippen molar-refractivity contribution in [2.45, 2.75) is 45.6 Å². The minimum Gasteiger partial charge on any atom is -0.379 e. The van der Waals surface area contributed by atoms with E-state index in [2.05, 4.69) is 5.32 Å². The van der Waals surface area contributed by atoms with Gasteiger partial charge in [0.15, 0.2) is 0 Å². The van der Waals surface area contributed by atoms with Crippen LogP contribution in [-0.2, 0) is 20.7 Å². The molecule has 0 unspecified atom stereocenters. The molecule has 2 rings (SSSR count). The Balaban J connectivity index is 1.88. The molecule has 23 heavy (non-hydrogen) atoms. The fourth-order valence-electron chi connectivity index (χ4n) is 2.68. The van der Waals surface area contributed by atoms with Crippen molar-refractivity contribution in [3.05, 3.63) is 29.8 Å². The van der Waals surface area contributed by atoms with Crippen LogP contribution in [0.5, 0.6) is 0 Å². The van der Waals surface area contributed by atoms with Gasteiger partial charge in [-0.2, -0.15) is 0 Å². The zero-order chi connectivity index (χ0) is 16.7. The molecule has 0 aliphatic carbocycles. The molecule has 0 saturated heterocycles. The van der Waals surface area contributed by atoms with Gasteiger partial charge < -0.3 is 15.0 Å². The van der Waals surface area contributed by atoms with Gasteiger partial charge in [-0.25, -0.2) is 0 Å².